The Morgan fingerprint density at radius 3 is 2.53 bits per heavy atom. The first-order valence-corrected chi connectivity index (χ1v) is 11.8. The summed E-state index contributed by atoms with van der Waals surface area (Å²) in [5, 5.41) is 5.08. The third-order valence-corrected chi connectivity index (χ3v) is 6.61. The molecule has 1 aliphatic carbocycles. The standard InChI is InChI=1S/C25H26FN3O2S/c26-19-10-12-21(13-11-19)29(23(30)16-22-9-5-15-32-22)24(18-6-4-14-27-17-18)25(31)28-20-7-2-1-3-8-20/h4-6,9-15,17,20,24H,1-3,7-8,16H2,(H,28,31)/t24-/m0/s1. The number of halogens is 1. The number of benzene rings is 1. The highest BCUT2D eigenvalue weighted by Crippen LogP contribution is 2.30. The summed E-state index contributed by atoms with van der Waals surface area (Å²) in [5.41, 5.74) is 1.09. The summed E-state index contributed by atoms with van der Waals surface area (Å²) in [6, 6.07) is 12.2. The van der Waals surface area contributed by atoms with Crippen LogP contribution in [0.3, 0.4) is 0 Å². The lowest BCUT2D eigenvalue weighted by atomic mass is 9.94. The van der Waals surface area contributed by atoms with Crippen LogP contribution in [0.15, 0.2) is 66.3 Å². The SMILES string of the molecule is O=C(NC1CCCCC1)[C@H](c1cccnc1)N(C(=O)Cc1cccs1)c1ccc(F)cc1. The topological polar surface area (TPSA) is 62.3 Å². The van der Waals surface area contributed by atoms with E-state index in [0.717, 1.165) is 30.6 Å². The van der Waals surface area contributed by atoms with Gasteiger partial charge in [0.05, 0.1) is 6.42 Å². The van der Waals surface area contributed by atoms with E-state index in [2.05, 4.69) is 10.3 Å². The second-order valence-electron chi connectivity index (χ2n) is 8.03. The van der Waals surface area contributed by atoms with Crippen molar-refractivity contribution in [3.63, 3.8) is 0 Å². The van der Waals surface area contributed by atoms with Gasteiger partial charge in [0.25, 0.3) is 0 Å². The van der Waals surface area contributed by atoms with Crippen LogP contribution >= 0.6 is 11.3 Å². The monoisotopic (exact) mass is 451 g/mol. The fraction of sp³-hybridized carbons (Fsp3) is 0.320. The number of hydrogen-bond acceptors (Lipinski definition) is 4. The lowest BCUT2D eigenvalue weighted by Crippen LogP contribution is -2.47. The fourth-order valence-corrected chi connectivity index (χ4v) is 4.86. The maximum Gasteiger partial charge on any atom is 0.248 e. The molecule has 4 rings (SSSR count). The van der Waals surface area contributed by atoms with Crippen LogP contribution in [0.4, 0.5) is 10.1 Å². The molecule has 32 heavy (non-hydrogen) atoms. The van der Waals surface area contributed by atoms with E-state index in [1.165, 1.54) is 34.8 Å². The van der Waals surface area contributed by atoms with Crippen molar-refractivity contribution in [2.24, 2.45) is 0 Å². The van der Waals surface area contributed by atoms with E-state index < -0.39 is 11.9 Å². The summed E-state index contributed by atoms with van der Waals surface area (Å²) >= 11 is 1.49. The van der Waals surface area contributed by atoms with Crippen molar-refractivity contribution in [3.05, 3.63) is 82.6 Å². The molecule has 1 aromatic carbocycles. The molecule has 0 bridgehead atoms. The molecule has 3 aromatic rings. The molecule has 2 heterocycles. The Bertz CT molecular complexity index is 1020. The van der Waals surface area contributed by atoms with E-state index in [4.69, 9.17) is 0 Å². The van der Waals surface area contributed by atoms with E-state index >= 15 is 0 Å². The van der Waals surface area contributed by atoms with Gasteiger partial charge in [-0.1, -0.05) is 31.4 Å². The maximum absolute atomic E-state index is 13.7. The number of carbonyl (C=O) groups is 2. The number of nitrogens with one attached hydrogen (secondary N) is 1. The van der Waals surface area contributed by atoms with Gasteiger partial charge in [0.2, 0.25) is 11.8 Å². The van der Waals surface area contributed by atoms with Gasteiger partial charge in [-0.05, 0) is 54.6 Å². The first-order chi connectivity index (χ1) is 15.6. The van der Waals surface area contributed by atoms with Crippen molar-refractivity contribution in [1.82, 2.24) is 10.3 Å². The number of thiophene rings is 1. The second kappa shape index (κ2) is 10.5. The zero-order valence-electron chi connectivity index (χ0n) is 17.7. The highest BCUT2D eigenvalue weighted by atomic mass is 32.1. The van der Waals surface area contributed by atoms with Gasteiger partial charge in [0.1, 0.15) is 11.9 Å². The molecule has 2 amide bonds. The maximum atomic E-state index is 13.7. The molecule has 0 saturated heterocycles. The minimum absolute atomic E-state index is 0.0953. The average Bonchev–Trinajstić information content (AvgIpc) is 3.32. The molecule has 1 aliphatic rings. The molecule has 1 saturated carbocycles. The number of anilines is 1. The number of nitrogens with zero attached hydrogens (tertiary/aromatic N) is 2. The number of rotatable bonds is 7. The molecule has 0 radical (unpaired) electrons. The Labute approximate surface area is 191 Å². The quantitative estimate of drug-likeness (QED) is 0.547. The highest BCUT2D eigenvalue weighted by Gasteiger charge is 2.34. The molecule has 1 atom stereocenters. The van der Waals surface area contributed by atoms with Gasteiger partial charge in [0.15, 0.2) is 0 Å². The zero-order valence-corrected chi connectivity index (χ0v) is 18.6. The predicted molar refractivity (Wildman–Crippen MR) is 124 cm³/mol. The first kappa shape index (κ1) is 22.1. The normalized spacial score (nSPS) is 15.2. The first-order valence-electron chi connectivity index (χ1n) is 10.9. The third-order valence-electron chi connectivity index (χ3n) is 5.74. The van der Waals surface area contributed by atoms with Crippen molar-refractivity contribution in [1.29, 1.82) is 0 Å². The van der Waals surface area contributed by atoms with Crippen LogP contribution in [-0.2, 0) is 16.0 Å². The second-order valence-corrected chi connectivity index (χ2v) is 9.06. The number of amides is 2. The molecule has 0 unspecified atom stereocenters. The van der Waals surface area contributed by atoms with Crippen LogP contribution in [0, 0.1) is 5.82 Å². The van der Waals surface area contributed by atoms with Crippen molar-refractivity contribution >= 4 is 28.8 Å². The Balaban J connectivity index is 1.71. The third kappa shape index (κ3) is 5.40. The van der Waals surface area contributed by atoms with Crippen LogP contribution in [0.25, 0.3) is 0 Å². The van der Waals surface area contributed by atoms with Gasteiger partial charge in [-0.15, -0.1) is 11.3 Å². The molecule has 1 N–H and O–H groups in total. The van der Waals surface area contributed by atoms with Crippen LogP contribution in [0.5, 0.6) is 0 Å². The van der Waals surface area contributed by atoms with Gasteiger partial charge in [-0.3, -0.25) is 19.5 Å². The molecule has 1 fully saturated rings. The van der Waals surface area contributed by atoms with Gasteiger partial charge < -0.3 is 5.32 Å². The minimum atomic E-state index is -0.899. The minimum Gasteiger partial charge on any atom is -0.351 e. The number of hydrogen-bond donors (Lipinski definition) is 1. The highest BCUT2D eigenvalue weighted by molar-refractivity contribution is 7.10. The van der Waals surface area contributed by atoms with Crippen molar-refractivity contribution < 1.29 is 14.0 Å². The van der Waals surface area contributed by atoms with E-state index in [0.29, 0.717) is 11.3 Å². The molecule has 0 spiro atoms. The number of aromatic nitrogens is 1. The van der Waals surface area contributed by atoms with E-state index in [-0.39, 0.29) is 24.3 Å². The lowest BCUT2D eigenvalue weighted by Gasteiger charge is -2.33. The van der Waals surface area contributed by atoms with Crippen LogP contribution in [-0.4, -0.2) is 22.8 Å². The average molecular weight is 452 g/mol. The molecular weight excluding hydrogens is 425 g/mol. The van der Waals surface area contributed by atoms with E-state index in [1.54, 1.807) is 36.7 Å². The Morgan fingerprint density at radius 1 is 1.09 bits per heavy atom. The summed E-state index contributed by atoms with van der Waals surface area (Å²) < 4.78 is 13.7. The summed E-state index contributed by atoms with van der Waals surface area (Å²) in [6.07, 6.45) is 8.62. The largest absolute Gasteiger partial charge is 0.351 e. The van der Waals surface area contributed by atoms with Gasteiger partial charge in [-0.25, -0.2) is 4.39 Å². The molecule has 5 nitrogen and oxygen atoms in total. The van der Waals surface area contributed by atoms with Crippen LogP contribution in [0.1, 0.15) is 48.6 Å². The molecular formula is C25H26FN3O2S. The van der Waals surface area contributed by atoms with Crippen LogP contribution in [0.2, 0.25) is 0 Å². The lowest BCUT2D eigenvalue weighted by molar-refractivity contribution is -0.127. The van der Waals surface area contributed by atoms with E-state index in [1.807, 2.05) is 17.5 Å². The fourth-order valence-electron chi connectivity index (χ4n) is 4.17. The number of pyridine rings is 1. The molecule has 0 aliphatic heterocycles. The van der Waals surface area contributed by atoms with Crippen LogP contribution < -0.4 is 10.2 Å². The zero-order chi connectivity index (χ0) is 22.3. The molecule has 166 valence electrons. The number of carbonyl (C=O) groups excluding carboxylic acids is 2. The smallest absolute Gasteiger partial charge is 0.248 e. The van der Waals surface area contributed by atoms with Gasteiger partial charge in [-0.2, -0.15) is 0 Å². The Morgan fingerprint density at radius 2 is 1.88 bits per heavy atom. The summed E-state index contributed by atoms with van der Waals surface area (Å²) in [6.45, 7) is 0. The van der Waals surface area contributed by atoms with E-state index in [9.17, 15) is 14.0 Å². The molecule has 7 heteroatoms. The van der Waals surface area contributed by atoms with Crippen molar-refractivity contribution in [3.8, 4) is 0 Å². The molecule has 2 aromatic heterocycles. The predicted octanol–water partition coefficient (Wildman–Crippen LogP) is 5.05. The summed E-state index contributed by atoms with van der Waals surface area (Å²) in [7, 11) is 0. The van der Waals surface area contributed by atoms with Gasteiger partial charge in [0, 0.05) is 34.6 Å². The Kier molecular flexibility index (Phi) is 7.27. The summed E-state index contributed by atoms with van der Waals surface area (Å²) in [4.78, 5) is 33.7. The van der Waals surface area contributed by atoms with Crippen molar-refractivity contribution in [2.75, 3.05) is 4.90 Å². The Hall–Kier alpha value is -3.06. The summed E-state index contributed by atoms with van der Waals surface area (Å²) in [5.74, 6) is -0.871. The van der Waals surface area contributed by atoms with Crippen molar-refractivity contribution in [2.45, 2.75) is 50.6 Å². The van der Waals surface area contributed by atoms with Gasteiger partial charge >= 0.3 is 0 Å².